The maximum atomic E-state index is 12.5. The molecule has 2 bridgehead atoms. The predicted octanol–water partition coefficient (Wildman–Crippen LogP) is 1.57. The molecule has 118 valence electrons. The molecular formula is C16H22N4OS. The second-order valence-electron chi connectivity index (χ2n) is 6.35. The summed E-state index contributed by atoms with van der Waals surface area (Å²) in [6.45, 7) is 2.87. The minimum Gasteiger partial charge on any atom is -0.337 e. The molecule has 3 saturated heterocycles. The van der Waals surface area contributed by atoms with Crippen LogP contribution in [0.25, 0.3) is 0 Å². The van der Waals surface area contributed by atoms with Gasteiger partial charge in [-0.1, -0.05) is 6.07 Å². The molecule has 3 aliphatic heterocycles. The molecule has 3 aliphatic rings. The molecule has 0 aromatic carbocycles. The summed E-state index contributed by atoms with van der Waals surface area (Å²) in [6, 6.07) is 6.98. The van der Waals surface area contributed by atoms with Gasteiger partial charge in [0.05, 0.1) is 5.03 Å². The fourth-order valence-electron chi connectivity index (χ4n) is 4.41. The van der Waals surface area contributed by atoms with Crippen LogP contribution in [0.3, 0.4) is 0 Å². The minimum atomic E-state index is 0.142. The quantitative estimate of drug-likeness (QED) is 0.653. The highest BCUT2D eigenvalue weighted by Gasteiger charge is 2.56. The van der Waals surface area contributed by atoms with Crippen molar-refractivity contribution in [3.8, 4) is 0 Å². The summed E-state index contributed by atoms with van der Waals surface area (Å²) in [5.74, 6) is 2.24. The fourth-order valence-corrected chi connectivity index (χ4v) is 5.13. The Hall–Kier alpha value is -1.27. The smallest absolute Gasteiger partial charge is 0.317 e. The zero-order valence-corrected chi connectivity index (χ0v) is 13.4. The summed E-state index contributed by atoms with van der Waals surface area (Å²) >= 11 is 1.68. The second kappa shape index (κ2) is 6.08. The average molecular weight is 318 g/mol. The van der Waals surface area contributed by atoms with Gasteiger partial charge in [-0.15, -0.1) is 11.8 Å². The fraction of sp³-hybridized carbons (Fsp3) is 0.625. The van der Waals surface area contributed by atoms with Gasteiger partial charge in [0.1, 0.15) is 0 Å². The molecule has 0 unspecified atom stereocenters. The summed E-state index contributed by atoms with van der Waals surface area (Å²) in [5.41, 5.74) is 0. The van der Waals surface area contributed by atoms with E-state index in [9.17, 15) is 4.79 Å². The normalized spacial score (nSPS) is 32.3. The average Bonchev–Trinajstić information content (AvgIpc) is 3.23. The Morgan fingerprint density at radius 3 is 2.77 bits per heavy atom. The van der Waals surface area contributed by atoms with Gasteiger partial charge in [-0.3, -0.25) is 0 Å². The number of carbonyl (C=O) groups is 1. The van der Waals surface area contributed by atoms with E-state index in [2.05, 4.69) is 20.5 Å². The summed E-state index contributed by atoms with van der Waals surface area (Å²) < 4.78 is 0. The highest BCUT2D eigenvalue weighted by Crippen LogP contribution is 2.47. The lowest BCUT2D eigenvalue weighted by molar-refractivity contribution is 0.185. The second-order valence-corrected chi connectivity index (χ2v) is 7.47. The van der Waals surface area contributed by atoms with Crippen LogP contribution in [-0.4, -0.2) is 53.4 Å². The van der Waals surface area contributed by atoms with E-state index in [-0.39, 0.29) is 6.03 Å². The Kier molecular flexibility index (Phi) is 3.96. The van der Waals surface area contributed by atoms with Gasteiger partial charge in [-0.25, -0.2) is 9.78 Å². The van der Waals surface area contributed by atoms with E-state index in [1.807, 2.05) is 18.2 Å². The van der Waals surface area contributed by atoms with E-state index < -0.39 is 0 Å². The molecule has 4 heterocycles. The predicted molar refractivity (Wildman–Crippen MR) is 86.9 cm³/mol. The third-order valence-corrected chi connectivity index (χ3v) is 6.22. The van der Waals surface area contributed by atoms with E-state index in [1.54, 1.807) is 18.0 Å². The van der Waals surface area contributed by atoms with Crippen LogP contribution in [0.1, 0.15) is 12.8 Å². The molecule has 5 nitrogen and oxygen atoms in total. The number of nitrogens with one attached hydrogen (secondary N) is 2. The molecule has 1 aromatic rings. The number of hydrogen-bond donors (Lipinski definition) is 2. The monoisotopic (exact) mass is 318 g/mol. The number of fused-ring (bicyclic) bond motifs is 5. The Balaban J connectivity index is 1.27. The van der Waals surface area contributed by atoms with Crippen molar-refractivity contribution in [2.45, 2.75) is 30.0 Å². The molecule has 0 radical (unpaired) electrons. The van der Waals surface area contributed by atoms with Crippen molar-refractivity contribution in [2.24, 2.45) is 11.8 Å². The topological polar surface area (TPSA) is 57.3 Å². The number of thioether (sulfide) groups is 1. The van der Waals surface area contributed by atoms with Crippen LogP contribution in [0.5, 0.6) is 0 Å². The maximum Gasteiger partial charge on any atom is 0.317 e. The zero-order chi connectivity index (χ0) is 14.9. The molecule has 6 heteroatoms. The van der Waals surface area contributed by atoms with Crippen molar-refractivity contribution in [3.05, 3.63) is 24.4 Å². The first-order valence-electron chi connectivity index (χ1n) is 8.15. The summed E-state index contributed by atoms with van der Waals surface area (Å²) in [5, 5.41) is 7.60. The third kappa shape index (κ3) is 2.48. The maximum absolute atomic E-state index is 12.5. The van der Waals surface area contributed by atoms with Crippen LogP contribution in [0.4, 0.5) is 4.79 Å². The van der Waals surface area contributed by atoms with Crippen LogP contribution in [-0.2, 0) is 0 Å². The first-order valence-corrected chi connectivity index (χ1v) is 9.14. The zero-order valence-electron chi connectivity index (χ0n) is 12.6. The van der Waals surface area contributed by atoms with Crippen LogP contribution in [0.15, 0.2) is 29.4 Å². The first kappa shape index (κ1) is 14.3. The van der Waals surface area contributed by atoms with Crippen LogP contribution in [0.2, 0.25) is 0 Å². The lowest BCUT2D eigenvalue weighted by atomic mass is 9.82. The SMILES string of the molecule is O=C(NCCSc1ccccn1)N1[C@@H]2CC[C@H]1[C@H]1CNC[C@H]12. The molecular weight excluding hydrogens is 296 g/mol. The Morgan fingerprint density at radius 1 is 1.32 bits per heavy atom. The number of nitrogens with zero attached hydrogens (tertiary/aromatic N) is 2. The molecule has 4 atom stereocenters. The van der Waals surface area contributed by atoms with Crippen molar-refractivity contribution in [3.63, 3.8) is 0 Å². The third-order valence-electron chi connectivity index (χ3n) is 5.27. The van der Waals surface area contributed by atoms with Crippen molar-refractivity contribution in [1.82, 2.24) is 20.5 Å². The van der Waals surface area contributed by atoms with Gasteiger partial charge in [-0.05, 0) is 36.8 Å². The molecule has 4 rings (SSSR count). The molecule has 22 heavy (non-hydrogen) atoms. The van der Waals surface area contributed by atoms with Gasteiger partial charge < -0.3 is 15.5 Å². The van der Waals surface area contributed by atoms with Crippen molar-refractivity contribution >= 4 is 17.8 Å². The molecule has 3 fully saturated rings. The molecule has 0 aliphatic carbocycles. The number of aromatic nitrogens is 1. The number of urea groups is 1. The lowest BCUT2D eigenvalue weighted by Crippen LogP contribution is -2.45. The Morgan fingerprint density at radius 2 is 2.09 bits per heavy atom. The molecule has 1 aromatic heterocycles. The number of pyridine rings is 1. The minimum absolute atomic E-state index is 0.142. The van der Waals surface area contributed by atoms with Gasteiger partial charge in [0.15, 0.2) is 0 Å². The van der Waals surface area contributed by atoms with Gasteiger partial charge in [0, 0.05) is 43.7 Å². The molecule has 2 N–H and O–H groups in total. The molecule has 0 saturated carbocycles. The Bertz CT molecular complexity index is 522. The number of amides is 2. The first-order chi connectivity index (χ1) is 10.8. The Labute approximate surface area is 135 Å². The lowest BCUT2D eigenvalue weighted by Gasteiger charge is -2.25. The number of carbonyl (C=O) groups excluding carboxylic acids is 1. The number of hydrogen-bond acceptors (Lipinski definition) is 4. The van der Waals surface area contributed by atoms with Crippen molar-refractivity contribution in [2.75, 3.05) is 25.4 Å². The van der Waals surface area contributed by atoms with Crippen LogP contribution >= 0.6 is 11.8 Å². The van der Waals surface area contributed by atoms with E-state index in [1.165, 1.54) is 12.8 Å². The number of rotatable bonds is 4. The highest BCUT2D eigenvalue weighted by atomic mass is 32.2. The highest BCUT2D eigenvalue weighted by molar-refractivity contribution is 7.99. The van der Waals surface area contributed by atoms with Gasteiger partial charge in [0.2, 0.25) is 0 Å². The van der Waals surface area contributed by atoms with Crippen molar-refractivity contribution in [1.29, 1.82) is 0 Å². The van der Waals surface area contributed by atoms with Crippen molar-refractivity contribution < 1.29 is 4.79 Å². The molecule has 2 amide bonds. The summed E-state index contributed by atoms with van der Waals surface area (Å²) in [4.78, 5) is 19.0. The van der Waals surface area contributed by atoms with E-state index in [0.29, 0.717) is 30.5 Å². The van der Waals surface area contributed by atoms with E-state index in [4.69, 9.17) is 0 Å². The van der Waals surface area contributed by atoms with Crippen LogP contribution < -0.4 is 10.6 Å². The van der Waals surface area contributed by atoms with Gasteiger partial charge >= 0.3 is 6.03 Å². The standard InChI is InChI=1S/C16H22N4OS/c21-16(19-7-8-22-15-3-1-2-6-18-15)20-13-4-5-14(20)12-10-17-9-11(12)13/h1-3,6,11-14,17H,4-5,7-10H2,(H,19,21)/t11-,12+,13-,14+. The molecule has 0 spiro atoms. The van der Waals surface area contributed by atoms with Gasteiger partial charge in [0.25, 0.3) is 0 Å². The van der Waals surface area contributed by atoms with E-state index >= 15 is 0 Å². The summed E-state index contributed by atoms with van der Waals surface area (Å²) in [6.07, 6.45) is 4.17. The van der Waals surface area contributed by atoms with E-state index in [0.717, 1.165) is 23.9 Å². The largest absolute Gasteiger partial charge is 0.337 e. The summed E-state index contributed by atoms with van der Waals surface area (Å²) in [7, 11) is 0. The van der Waals surface area contributed by atoms with Gasteiger partial charge in [-0.2, -0.15) is 0 Å². The van der Waals surface area contributed by atoms with Crippen LogP contribution in [0, 0.1) is 11.8 Å².